The number of nitrogens with one attached hydrogen (secondary N) is 1. The van der Waals surface area contributed by atoms with Crippen LogP contribution in [0.3, 0.4) is 0 Å². The summed E-state index contributed by atoms with van der Waals surface area (Å²) in [6, 6.07) is 7.09. The maximum atomic E-state index is 5.92. The summed E-state index contributed by atoms with van der Waals surface area (Å²) in [7, 11) is 0. The molecule has 108 valence electrons. The number of hydrogen-bond acceptors (Lipinski definition) is 4. The first-order valence-corrected chi connectivity index (χ1v) is 7.41. The zero-order valence-electron chi connectivity index (χ0n) is 12.6. The first-order valence-electron chi connectivity index (χ1n) is 7.41. The van der Waals surface area contributed by atoms with Crippen molar-refractivity contribution < 1.29 is 4.42 Å². The van der Waals surface area contributed by atoms with Gasteiger partial charge in [0.1, 0.15) is 5.52 Å². The first kappa shape index (κ1) is 13.4. The Bertz CT molecular complexity index is 589. The Balaban J connectivity index is 1.93. The van der Waals surface area contributed by atoms with Crippen LogP contribution in [0.15, 0.2) is 22.6 Å². The van der Waals surface area contributed by atoms with Crippen molar-refractivity contribution >= 4 is 17.1 Å². The average molecular weight is 273 g/mol. The minimum absolute atomic E-state index is 0.139. The van der Waals surface area contributed by atoms with E-state index in [4.69, 9.17) is 4.42 Å². The number of aromatic nitrogens is 1. The molecule has 3 rings (SSSR count). The quantitative estimate of drug-likeness (QED) is 0.867. The van der Waals surface area contributed by atoms with Crippen molar-refractivity contribution in [3.05, 3.63) is 23.8 Å². The standard InChI is InChI=1S/C16H23N3O/c1-16(2,3)12-5-6-14-13(11-12)18-15(20-14)19-9-4-7-17-8-10-19/h5-6,11,17H,4,7-10H2,1-3H3. The van der Waals surface area contributed by atoms with E-state index >= 15 is 0 Å². The highest BCUT2D eigenvalue weighted by Gasteiger charge is 2.18. The summed E-state index contributed by atoms with van der Waals surface area (Å²) in [5.74, 6) is 0. The molecule has 1 fully saturated rings. The van der Waals surface area contributed by atoms with Crippen molar-refractivity contribution in [2.24, 2.45) is 0 Å². The van der Waals surface area contributed by atoms with E-state index in [-0.39, 0.29) is 5.41 Å². The third-order valence-electron chi connectivity index (χ3n) is 3.85. The molecule has 0 aliphatic carbocycles. The van der Waals surface area contributed by atoms with E-state index in [1.54, 1.807) is 0 Å². The summed E-state index contributed by atoms with van der Waals surface area (Å²) in [5, 5.41) is 3.40. The summed E-state index contributed by atoms with van der Waals surface area (Å²) in [6.07, 6.45) is 1.13. The van der Waals surface area contributed by atoms with Crippen molar-refractivity contribution in [3.8, 4) is 0 Å². The maximum Gasteiger partial charge on any atom is 0.298 e. The molecule has 4 nitrogen and oxygen atoms in total. The van der Waals surface area contributed by atoms with Crippen LogP contribution in [0.4, 0.5) is 6.01 Å². The third kappa shape index (κ3) is 2.66. The minimum Gasteiger partial charge on any atom is -0.423 e. The second-order valence-corrected chi connectivity index (χ2v) is 6.52. The Morgan fingerprint density at radius 3 is 2.85 bits per heavy atom. The van der Waals surface area contributed by atoms with Crippen LogP contribution >= 0.6 is 0 Å². The van der Waals surface area contributed by atoms with Gasteiger partial charge in [0, 0.05) is 19.6 Å². The van der Waals surface area contributed by atoms with Crippen LogP contribution < -0.4 is 10.2 Å². The molecule has 1 saturated heterocycles. The molecule has 0 radical (unpaired) electrons. The maximum absolute atomic E-state index is 5.92. The van der Waals surface area contributed by atoms with Crippen molar-refractivity contribution in [3.63, 3.8) is 0 Å². The lowest BCUT2D eigenvalue weighted by Crippen LogP contribution is -2.27. The summed E-state index contributed by atoms with van der Waals surface area (Å²) >= 11 is 0. The molecule has 0 bridgehead atoms. The topological polar surface area (TPSA) is 41.3 Å². The minimum atomic E-state index is 0.139. The van der Waals surface area contributed by atoms with Crippen LogP contribution in [0, 0.1) is 0 Å². The molecule has 1 aliphatic rings. The summed E-state index contributed by atoms with van der Waals surface area (Å²) < 4.78 is 5.92. The number of fused-ring (bicyclic) bond motifs is 1. The van der Waals surface area contributed by atoms with Crippen LogP contribution in [0.5, 0.6) is 0 Å². The van der Waals surface area contributed by atoms with Gasteiger partial charge in [-0.05, 0) is 36.1 Å². The Morgan fingerprint density at radius 2 is 2.05 bits per heavy atom. The van der Waals surface area contributed by atoms with Gasteiger partial charge in [0.05, 0.1) is 0 Å². The molecular weight excluding hydrogens is 250 g/mol. The van der Waals surface area contributed by atoms with Crippen LogP contribution in [0.25, 0.3) is 11.1 Å². The van der Waals surface area contributed by atoms with E-state index in [2.05, 4.69) is 48.1 Å². The van der Waals surface area contributed by atoms with Crippen molar-refractivity contribution in [2.45, 2.75) is 32.6 Å². The molecule has 1 N–H and O–H groups in total. The fourth-order valence-electron chi connectivity index (χ4n) is 2.55. The highest BCUT2D eigenvalue weighted by atomic mass is 16.4. The van der Waals surface area contributed by atoms with Crippen LogP contribution in [-0.2, 0) is 5.41 Å². The van der Waals surface area contributed by atoms with E-state index in [1.807, 2.05) is 6.07 Å². The van der Waals surface area contributed by atoms with Crippen molar-refractivity contribution in [1.29, 1.82) is 0 Å². The van der Waals surface area contributed by atoms with E-state index in [9.17, 15) is 0 Å². The zero-order valence-corrected chi connectivity index (χ0v) is 12.6. The second kappa shape index (κ2) is 5.09. The van der Waals surface area contributed by atoms with Gasteiger partial charge >= 0.3 is 0 Å². The number of anilines is 1. The van der Waals surface area contributed by atoms with Gasteiger partial charge in [0.2, 0.25) is 0 Å². The average Bonchev–Trinajstić information content (AvgIpc) is 2.63. The van der Waals surface area contributed by atoms with Gasteiger partial charge in [-0.25, -0.2) is 0 Å². The molecule has 0 saturated carbocycles. The van der Waals surface area contributed by atoms with Gasteiger partial charge in [-0.2, -0.15) is 4.98 Å². The summed E-state index contributed by atoms with van der Waals surface area (Å²) in [4.78, 5) is 6.92. The van der Waals surface area contributed by atoms with Crippen LogP contribution in [-0.4, -0.2) is 31.2 Å². The molecule has 1 aromatic heterocycles. The number of benzene rings is 1. The Labute approximate surface area is 120 Å². The molecule has 1 aromatic carbocycles. The fourth-order valence-corrected chi connectivity index (χ4v) is 2.55. The Kier molecular flexibility index (Phi) is 3.42. The SMILES string of the molecule is CC(C)(C)c1ccc2oc(N3CCCNCC3)nc2c1. The molecule has 20 heavy (non-hydrogen) atoms. The lowest BCUT2D eigenvalue weighted by molar-refractivity contribution is 0.570. The van der Waals surface area contributed by atoms with Gasteiger partial charge < -0.3 is 14.6 Å². The van der Waals surface area contributed by atoms with E-state index in [0.717, 1.165) is 49.7 Å². The fraction of sp³-hybridized carbons (Fsp3) is 0.562. The number of rotatable bonds is 1. The Hall–Kier alpha value is -1.55. The van der Waals surface area contributed by atoms with Gasteiger partial charge in [0.15, 0.2) is 5.58 Å². The van der Waals surface area contributed by atoms with Gasteiger partial charge in [-0.15, -0.1) is 0 Å². The van der Waals surface area contributed by atoms with Crippen molar-refractivity contribution in [2.75, 3.05) is 31.1 Å². The molecule has 2 heterocycles. The normalized spacial score (nSPS) is 17.4. The van der Waals surface area contributed by atoms with Crippen LogP contribution in [0.2, 0.25) is 0 Å². The molecule has 4 heteroatoms. The van der Waals surface area contributed by atoms with E-state index < -0.39 is 0 Å². The molecule has 0 atom stereocenters. The van der Waals surface area contributed by atoms with Gasteiger partial charge in [-0.1, -0.05) is 26.8 Å². The van der Waals surface area contributed by atoms with Crippen molar-refractivity contribution in [1.82, 2.24) is 10.3 Å². The highest BCUT2D eigenvalue weighted by molar-refractivity contribution is 5.75. The number of hydrogen-bond donors (Lipinski definition) is 1. The molecule has 2 aromatic rings. The third-order valence-corrected chi connectivity index (χ3v) is 3.85. The van der Waals surface area contributed by atoms with E-state index in [1.165, 1.54) is 5.56 Å². The molecule has 0 amide bonds. The smallest absolute Gasteiger partial charge is 0.298 e. The molecule has 1 aliphatic heterocycles. The monoisotopic (exact) mass is 273 g/mol. The molecule has 0 spiro atoms. The molecule has 0 unspecified atom stereocenters. The number of oxazole rings is 1. The summed E-state index contributed by atoms with van der Waals surface area (Å²) in [6.45, 7) is 10.7. The lowest BCUT2D eigenvalue weighted by Gasteiger charge is -2.18. The first-order chi connectivity index (χ1) is 9.54. The largest absolute Gasteiger partial charge is 0.423 e. The van der Waals surface area contributed by atoms with Gasteiger partial charge in [-0.3, -0.25) is 0 Å². The highest BCUT2D eigenvalue weighted by Crippen LogP contribution is 2.28. The predicted molar refractivity (Wildman–Crippen MR) is 82.4 cm³/mol. The Morgan fingerprint density at radius 1 is 1.20 bits per heavy atom. The summed E-state index contributed by atoms with van der Waals surface area (Å²) in [5.41, 5.74) is 3.28. The second-order valence-electron chi connectivity index (χ2n) is 6.52. The zero-order chi connectivity index (χ0) is 14.2. The lowest BCUT2D eigenvalue weighted by atomic mass is 9.87. The molecular formula is C16H23N3O. The predicted octanol–water partition coefficient (Wildman–Crippen LogP) is 2.93. The van der Waals surface area contributed by atoms with Gasteiger partial charge in [0.25, 0.3) is 6.01 Å². The van der Waals surface area contributed by atoms with Crippen LogP contribution in [0.1, 0.15) is 32.8 Å². The number of nitrogens with zero attached hydrogens (tertiary/aromatic N) is 2. The van der Waals surface area contributed by atoms with E-state index in [0.29, 0.717) is 0 Å².